The number of Topliss-reactive ketones (excluding diaryl/α,β-unsaturated/α-hetero) is 1. The van der Waals surface area contributed by atoms with Gasteiger partial charge in [-0.15, -0.1) is 11.3 Å². The van der Waals surface area contributed by atoms with Crippen molar-refractivity contribution in [2.75, 3.05) is 0 Å². The number of furan rings is 1. The second kappa shape index (κ2) is 7.42. The topological polar surface area (TPSA) is 67.5 Å². The maximum atomic E-state index is 13.8. The van der Waals surface area contributed by atoms with Crippen molar-refractivity contribution in [3.63, 3.8) is 0 Å². The van der Waals surface area contributed by atoms with Gasteiger partial charge in [0.25, 0.3) is 0 Å². The number of hydrogen-bond acceptors (Lipinski definition) is 4. The molecule has 2 aromatic carbocycles. The average molecular weight is 433 g/mol. The molecule has 0 aliphatic heterocycles. The number of aromatic carboxylic acids is 1. The standard InChI is InChI=1S/C21H11ClF2O4S/c22-19-13(23)5-11(6-14(19)24)20-18(21(26)27)12(9-29-20)7-15(25)17-8-10-3-1-2-4-16(10)28-17/h1-6,8-9H,7H2,(H,26,27). The number of para-hydroxylation sites is 1. The van der Waals surface area contributed by atoms with Crippen molar-refractivity contribution < 1.29 is 27.9 Å². The van der Waals surface area contributed by atoms with Crippen LogP contribution in [-0.4, -0.2) is 16.9 Å². The van der Waals surface area contributed by atoms with Crippen LogP contribution in [0, 0.1) is 11.6 Å². The van der Waals surface area contributed by atoms with Crippen LogP contribution >= 0.6 is 22.9 Å². The van der Waals surface area contributed by atoms with E-state index in [1.807, 2.05) is 6.07 Å². The van der Waals surface area contributed by atoms with Gasteiger partial charge in [-0.1, -0.05) is 29.8 Å². The largest absolute Gasteiger partial charge is 0.478 e. The lowest BCUT2D eigenvalue weighted by atomic mass is 10.0. The number of carbonyl (C=O) groups excluding carboxylic acids is 1. The summed E-state index contributed by atoms with van der Waals surface area (Å²) in [6.45, 7) is 0. The molecule has 0 radical (unpaired) electrons. The molecule has 0 saturated carbocycles. The second-order valence-corrected chi connectivity index (χ2v) is 7.53. The first-order valence-corrected chi connectivity index (χ1v) is 9.61. The molecule has 1 N–H and O–H groups in total. The SMILES string of the molecule is O=C(Cc1csc(-c2cc(F)c(Cl)c(F)c2)c1C(=O)O)c1cc2ccccc2o1. The number of thiophene rings is 1. The van der Waals surface area contributed by atoms with Gasteiger partial charge < -0.3 is 9.52 Å². The first-order chi connectivity index (χ1) is 13.8. The Morgan fingerprint density at radius 1 is 1.10 bits per heavy atom. The van der Waals surface area contributed by atoms with E-state index in [9.17, 15) is 23.5 Å². The van der Waals surface area contributed by atoms with Gasteiger partial charge in [0, 0.05) is 16.7 Å². The third-order valence-corrected chi connectivity index (χ3v) is 5.82. The Bertz CT molecular complexity index is 1220. The summed E-state index contributed by atoms with van der Waals surface area (Å²) in [4.78, 5) is 24.6. The highest BCUT2D eigenvalue weighted by Crippen LogP contribution is 2.36. The third kappa shape index (κ3) is 3.54. The van der Waals surface area contributed by atoms with E-state index in [0.717, 1.165) is 28.9 Å². The molecular weight excluding hydrogens is 422 g/mol. The molecule has 29 heavy (non-hydrogen) atoms. The Morgan fingerprint density at radius 3 is 2.45 bits per heavy atom. The number of benzene rings is 2. The zero-order chi connectivity index (χ0) is 20.7. The van der Waals surface area contributed by atoms with Crippen LogP contribution in [0.3, 0.4) is 0 Å². The predicted octanol–water partition coefficient (Wildman–Crippen LogP) is 6.22. The van der Waals surface area contributed by atoms with E-state index >= 15 is 0 Å². The highest BCUT2D eigenvalue weighted by molar-refractivity contribution is 7.14. The van der Waals surface area contributed by atoms with Crippen LogP contribution in [0.2, 0.25) is 5.02 Å². The van der Waals surface area contributed by atoms with Gasteiger partial charge in [0.1, 0.15) is 22.2 Å². The summed E-state index contributed by atoms with van der Waals surface area (Å²) in [5, 5.41) is 11.2. The molecule has 2 aromatic heterocycles. The monoisotopic (exact) mass is 432 g/mol. The minimum Gasteiger partial charge on any atom is -0.478 e. The summed E-state index contributed by atoms with van der Waals surface area (Å²) in [6, 6.07) is 10.6. The number of ketones is 1. The molecule has 4 nitrogen and oxygen atoms in total. The molecule has 0 bridgehead atoms. The number of hydrogen-bond donors (Lipinski definition) is 1. The van der Waals surface area contributed by atoms with Crippen LogP contribution < -0.4 is 0 Å². The molecule has 4 rings (SSSR count). The van der Waals surface area contributed by atoms with Crippen LogP contribution in [0.4, 0.5) is 8.78 Å². The summed E-state index contributed by atoms with van der Waals surface area (Å²) in [7, 11) is 0. The molecule has 0 fully saturated rings. The smallest absolute Gasteiger partial charge is 0.337 e. The quantitative estimate of drug-likeness (QED) is 0.300. The number of carbonyl (C=O) groups is 2. The number of fused-ring (bicyclic) bond motifs is 1. The second-order valence-electron chi connectivity index (χ2n) is 6.27. The molecular formula is C21H11ClF2O4S. The van der Waals surface area contributed by atoms with E-state index in [-0.39, 0.29) is 33.7 Å². The van der Waals surface area contributed by atoms with Gasteiger partial charge in [0.15, 0.2) is 5.76 Å². The Labute approximate surface area is 172 Å². The summed E-state index contributed by atoms with van der Waals surface area (Å²) >= 11 is 6.48. The van der Waals surface area contributed by atoms with Crippen molar-refractivity contribution in [2.45, 2.75) is 6.42 Å². The van der Waals surface area contributed by atoms with Crippen LogP contribution in [0.1, 0.15) is 26.5 Å². The molecule has 2 heterocycles. The van der Waals surface area contributed by atoms with Gasteiger partial charge in [-0.2, -0.15) is 0 Å². The molecule has 0 amide bonds. The lowest BCUT2D eigenvalue weighted by Crippen LogP contribution is -2.07. The fourth-order valence-electron chi connectivity index (χ4n) is 3.04. The summed E-state index contributed by atoms with van der Waals surface area (Å²) in [5.41, 5.74) is 0.640. The lowest BCUT2D eigenvalue weighted by Gasteiger charge is -2.05. The first-order valence-electron chi connectivity index (χ1n) is 8.35. The molecule has 4 aromatic rings. The number of rotatable bonds is 5. The van der Waals surface area contributed by atoms with Crippen LogP contribution in [-0.2, 0) is 6.42 Å². The van der Waals surface area contributed by atoms with Crippen molar-refractivity contribution in [3.05, 3.63) is 81.4 Å². The predicted molar refractivity (Wildman–Crippen MR) is 106 cm³/mol. The van der Waals surface area contributed by atoms with Gasteiger partial charge in [-0.25, -0.2) is 13.6 Å². The third-order valence-electron chi connectivity index (χ3n) is 4.38. The zero-order valence-corrected chi connectivity index (χ0v) is 16.1. The molecule has 0 saturated heterocycles. The maximum absolute atomic E-state index is 13.8. The zero-order valence-electron chi connectivity index (χ0n) is 14.5. The van der Waals surface area contributed by atoms with Crippen LogP contribution in [0.15, 0.2) is 52.3 Å². The van der Waals surface area contributed by atoms with E-state index in [4.69, 9.17) is 16.0 Å². The summed E-state index contributed by atoms with van der Waals surface area (Å²) < 4.78 is 33.2. The minimum absolute atomic E-state index is 0.0363. The van der Waals surface area contributed by atoms with Gasteiger partial charge in [-0.05, 0) is 40.8 Å². The molecule has 0 unspecified atom stereocenters. The highest BCUT2D eigenvalue weighted by atomic mass is 35.5. The first kappa shape index (κ1) is 19.3. The number of carboxylic acid groups (broad SMARTS) is 1. The van der Waals surface area contributed by atoms with E-state index in [2.05, 4.69) is 0 Å². The van der Waals surface area contributed by atoms with Crippen molar-refractivity contribution in [2.24, 2.45) is 0 Å². The Morgan fingerprint density at radius 2 is 1.79 bits per heavy atom. The molecule has 0 aliphatic rings. The fourth-order valence-corrected chi connectivity index (χ4v) is 4.20. The van der Waals surface area contributed by atoms with E-state index in [1.54, 1.807) is 24.3 Å². The number of carboxylic acids is 1. The van der Waals surface area contributed by atoms with Gasteiger partial charge >= 0.3 is 5.97 Å². The molecule has 0 aliphatic carbocycles. The fraction of sp³-hybridized carbons (Fsp3) is 0.0476. The Kier molecular flexibility index (Phi) is 4.94. The van der Waals surface area contributed by atoms with Crippen molar-refractivity contribution in [3.8, 4) is 10.4 Å². The average Bonchev–Trinajstić information content (AvgIpc) is 3.29. The minimum atomic E-state index is -1.30. The normalized spacial score (nSPS) is 11.1. The molecule has 0 atom stereocenters. The summed E-state index contributed by atoms with van der Waals surface area (Å²) in [6.07, 6.45) is -0.226. The molecule has 146 valence electrons. The number of halogens is 3. The van der Waals surface area contributed by atoms with Crippen LogP contribution in [0.5, 0.6) is 0 Å². The van der Waals surface area contributed by atoms with E-state index in [1.165, 1.54) is 5.38 Å². The molecule has 0 spiro atoms. The van der Waals surface area contributed by atoms with Gasteiger partial charge in [0.05, 0.1) is 5.56 Å². The van der Waals surface area contributed by atoms with Gasteiger partial charge in [-0.3, -0.25) is 4.79 Å². The maximum Gasteiger partial charge on any atom is 0.337 e. The van der Waals surface area contributed by atoms with Gasteiger partial charge in [0.2, 0.25) is 5.78 Å². The van der Waals surface area contributed by atoms with Crippen molar-refractivity contribution in [1.29, 1.82) is 0 Å². The van der Waals surface area contributed by atoms with E-state index in [0.29, 0.717) is 5.58 Å². The summed E-state index contributed by atoms with van der Waals surface area (Å²) in [5.74, 6) is -3.58. The Balaban J connectivity index is 1.71. The highest BCUT2D eigenvalue weighted by Gasteiger charge is 2.24. The van der Waals surface area contributed by atoms with Crippen molar-refractivity contribution in [1.82, 2.24) is 0 Å². The lowest BCUT2D eigenvalue weighted by molar-refractivity contribution is 0.0697. The van der Waals surface area contributed by atoms with Crippen molar-refractivity contribution >= 4 is 45.7 Å². The Hall–Kier alpha value is -3.03. The molecule has 8 heteroatoms. The van der Waals surface area contributed by atoms with E-state index < -0.39 is 28.4 Å². The van der Waals surface area contributed by atoms with Crippen LogP contribution in [0.25, 0.3) is 21.4 Å².